The van der Waals surface area contributed by atoms with Gasteiger partial charge in [0.2, 0.25) is 15.9 Å². The Hall–Kier alpha value is -2.20. The molecular weight excluding hydrogens is 504 g/mol. The van der Waals surface area contributed by atoms with Gasteiger partial charge in [-0.1, -0.05) is 39.7 Å². The van der Waals surface area contributed by atoms with Crippen LogP contribution in [-0.2, 0) is 27.9 Å². The number of halogens is 2. The van der Waals surface area contributed by atoms with E-state index in [0.29, 0.717) is 24.5 Å². The van der Waals surface area contributed by atoms with Crippen LogP contribution in [0.15, 0.2) is 76.6 Å². The number of aryl methyl sites for hydroxylation is 1. The van der Waals surface area contributed by atoms with Crippen molar-refractivity contribution in [3.63, 3.8) is 0 Å². The normalized spacial score (nSPS) is 11.6. The van der Waals surface area contributed by atoms with Crippen molar-refractivity contribution in [1.29, 1.82) is 0 Å². The quantitative estimate of drug-likeness (QED) is 0.409. The predicted octanol–water partition coefficient (Wildman–Crippen LogP) is 3.70. The third-order valence-corrected chi connectivity index (χ3v) is 7.10. The average Bonchev–Trinajstić information content (AvgIpc) is 3.26. The number of benzene rings is 2. The van der Waals surface area contributed by atoms with Crippen LogP contribution in [0.3, 0.4) is 0 Å². The van der Waals surface area contributed by atoms with E-state index in [1.54, 1.807) is 12.5 Å². The van der Waals surface area contributed by atoms with Crippen LogP contribution in [0.1, 0.15) is 12.0 Å². The third-order valence-electron chi connectivity index (χ3n) is 4.52. The van der Waals surface area contributed by atoms with Crippen molar-refractivity contribution in [2.24, 2.45) is 0 Å². The molecule has 31 heavy (non-hydrogen) atoms. The highest BCUT2D eigenvalue weighted by molar-refractivity contribution is 9.10. The molecular formula is C21H22BrClN4O3S. The van der Waals surface area contributed by atoms with Gasteiger partial charge in [0.05, 0.1) is 17.8 Å². The number of sulfonamides is 1. The lowest BCUT2D eigenvalue weighted by molar-refractivity contribution is -0.121. The van der Waals surface area contributed by atoms with Crippen molar-refractivity contribution in [2.45, 2.75) is 24.4 Å². The molecule has 1 N–H and O–H groups in total. The second-order valence-corrected chi connectivity index (χ2v) is 10.1. The summed E-state index contributed by atoms with van der Waals surface area (Å²) in [4.78, 5) is 16.6. The van der Waals surface area contributed by atoms with Gasteiger partial charge in [0.25, 0.3) is 0 Å². The summed E-state index contributed by atoms with van der Waals surface area (Å²) in [6, 6.07) is 13.2. The maximum atomic E-state index is 13.2. The Morgan fingerprint density at radius 3 is 2.48 bits per heavy atom. The van der Waals surface area contributed by atoms with Gasteiger partial charge in [-0.05, 0) is 48.4 Å². The summed E-state index contributed by atoms with van der Waals surface area (Å²) in [7, 11) is -3.90. The van der Waals surface area contributed by atoms with Crippen LogP contribution in [0.5, 0.6) is 0 Å². The zero-order chi connectivity index (χ0) is 22.3. The monoisotopic (exact) mass is 524 g/mol. The molecule has 0 aliphatic carbocycles. The lowest BCUT2D eigenvalue weighted by Gasteiger charge is -2.22. The largest absolute Gasteiger partial charge is 0.355 e. The first kappa shape index (κ1) is 23.5. The molecule has 164 valence electrons. The lowest BCUT2D eigenvalue weighted by atomic mass is 10.2. The highest BCUT2D eigenvalue weighted by atomic mass is 79.9. The number of carbonyl (C=O) groups excluding carboxylic acids is 1. The number of hydrogen-bond acceptors (Lipinski definition) is 4. The molecule has 0 saturated carbocycles. The number of rotatable bonds is 10. The van der Waals surface area contributed by atoms with Gasteiger partial charge in [-0.15, -0.1) is 0 Å². The van der Waals surface area contributed by atoms with E-state index >= 15 is 0 Å². The fourth-order valence-electron chi connectivity index (χ4n) is 2.90. The van der Waals surface area contributed by atoms with Gasteiger partial charge in [0.15, 0.2) is 0 Å². The molecule has 0 radical (unpaired) electrons. The van der Waals surface area contributed by atoms with Gasteiger partial charge in [-0.25, -0.2) is 13.4 Å². The van der Waals surface area contributed by atoms with Gasteiger partial charge in [-0.2, -0.15) is 4.31 Å². The Kier molecular flexibility index (Phi) is 8.25. The highest BCUT2D eigenvalue weighted by Crippen LogP contribution is 2.21. The van der Waals surface area contributed by atoms with E-state index in [9.17, 15) is 13.2 Å². The Labute approximate surface area is 195 Å². The molecule has 0 aliphatic heterocycles. The van der Waals surface area contributed by atoms with Crippen molar-refractivity contribution in [3.8, 4) is 0 Å². The molecule has 1 aromatic heterocycles. The molecule has 0 aliphatic rings. The minimum Gasteiger partial charge on any atom is -0.355 e. The first-order chi connectivity index (χ1) is 14.8. The molecule has 0 saturated heterocycles. The predicted molar refractivity (Wildman–Crippen MR) is 123 cm³/mol. The van der Waals surface area contributed by atoms with Crippen molar-refractivity contribution in [3.05, 3.63) is 82.3 Å². The van der Waals surface area contributed by atoms with Crippen molar-refractivity contribution in [1.82, 2.24) is 19.2 Å². The van der Waals surface area contributed by atoms with Crippen LogP contribution < -0.4 is 5.32 Å². The molecule has 10 heteroatoms. The summed E-state index contributed by atoms with van der Waals surface area (Å²) in [5.41, 5.74) is 0.772. The van der Waals surface area contributed by atoms with E-state index < -0.39 is 10.0 Å². The van der Waals surface area contributed by atoms with Crippen LogP contribution in [0, 0.1) is 0 Å². The number of aromatic nitrogens is 2. The van der Waals surface area contributed by atoms with E-state index in [0.717, 1.165) is 10.0 Å². The van der Waals surface area contributed by atoms with E-state index in [2.05, 4.69) is 26.2 Å². The molecule has 2 aromatic carbocycles. The minimum atomic E-state index is -3.90. The van der Waals surface area contributed by atoms with Crippen LogP contribution >= 0.6 is 27.5 Å². The molecule has 0 unspecified atom stereocenters. The van der Waals surface area contributed by atoms with Crippen LogP contribution in [0.4, 0.5) is 0 Å². The summed E-state index contributed by atoms with van der Waals surface area (Å²) in [6.45, 7) is 0.933. The Bertz CT molecular complexity index is 1090. The molecule has 1 amide bonds. The summed E-state index contributed by atoms with van der Waals surface area (Å²) in [5, 5.41) is 3.23. The van der Waals surface area contributed by atoms with Gasteiger partial charge in [-0.3, -0.25) is 4.79 Å². The first-order valence-corrected chi connectivity index (χ1v) is 12.2. The lowest BCUT2D eigenvalue weighted by Crippen LogP contribution is -2.40. The van der Waals surface area contributed by atoms with Crippen molar-refractivity contribution >= 4 is 43.5 Å². The van der Waals surface area contributed by atoms with Gasteiger partial charge < -0.3 is 9.88 Å². The number of carbonyl (C=O) groups is 1. The molecule has 0 atom stereocenters. The summed E-state index contributed by atoms with van der Waals surface area (Å²) in [5.74, 6) is -0.361. The van der Waals surface area contributed by atoms with E-state index in [1.165, 1.54) is 28.6 Å². The maximum absolute atomic E-state index is 13.2. The zero-order valence-corrected chi connectivity index (χ0v) is 19.8. The zero-order valence-electron chi connectivity index (χ0n) is 16.6. The minimum absolute atomic E-state index is 0.0701. The second-order valence-electron chi connectivity index (χ2n) is 6.86. The molecule has 0 bridgehead atoms. The number of nitrogens with zero attached hydrogens (tertiary/aromatic N) is 3. The molecule has 0 spiro atoms. The average molecular weight is 526 g/mol. The summed E-state index contributed by atoms with van der Waals surface area (Å²) >= 11 is 9.27. The standard InChI is InChI=1S/C21H22BrClN4O3S/c22-18-4-2-17(3-5-18)14-27(31(29,30)20-8-6-19(23)7-9-20)15-21(28)25-10-1-12-26-13-11-24-16-26/h2-9,11,13,16H,1,10,12,14-15H2,(H,25,28). The Morgan fingerprint density at radius 2 is 1.84 bits per heavy atom. The van der Waals surface area contributed by atoms with Crippen molar-refractivity contribution < 1.29 is 13.2 Å². The van der Waals surface area contributed by atoms with Gasteiger partial charge >= 0.3 is 0 Å². The summed E-state index contributed by atoms with van der Waals surface area (Å²) in [6.07, 6.45) is 5.96. The molecule has 3 aromatic rings. The summed E-state index contributed by atoms with van der Waals surface area (Å²) < 4.78 is 30.4. The topological polar surface area (TPSA) is 84.3 Å². The van der Waals surface area contributed by atoms with E-state index in [-0.39, 0.29) is 23.9 Å². The fourth-order valence-corrected chi connectivity index (χ4v) is 4.67. The number of imidazole rings is 1. The van der Waals surface area contributed by atoms with E-state index in [1.807, 2.05) is 35.0 Å². The number of hydrogen-bond donors (Lipinski definition) is 1. The van der Waals surface area contributed by atoms with Gasteiger partial charge in [0, 0.05) is 41.5 Å². The molecule has 1 heterocycles. The Balaban J connectivity index is 1.69. The van der Waals surface area contributed by atoms with Crippen LogP contribution in [-0.4, -0.2) is 41.3 Å². The third kappa shape index (κ3) is 6.90. The smallest absolute Gasteiger partial charge is 0.243 e. The SMILES string of the molecule is O=C(CN(Cc1ccc(Br)cc1)S(=O)(=O)c1ccc(Cl)cc1)NCCCn1ccnc1. The number of amides is 1. The molecule has 0 fully saturated rings. The fraction of sp³-hybridized carbons (Fsp3) is 0.238. The van der Waals surface area contributed by atoms with Crippen molar-refractivity contribution in [2.75, 3.05) is 13.1 Å². The second kappa shape index (κ2) is 10.9. The van der Waals surface area contributed by atoms with Crippen LogP contribution in [0.2, 0.25) is 5.02 Å². The Morgan fingerprint density at radius 1 is 1.13 bits per heavy atom. The highest BCUT2D eigenvalue weighted by Gasteiger charge is 2.27. The van der Waals surface area contributed by atoms with Gasteiger partial charge in [0.1, 0.15) is 0 Å². The maximum Gasteiger partial charge on any atom is 0.243 e. The van der Waals surface area contributed by atoms with Crippen LogP contribution in [0.25, 0.3) is 0 Å². The van der Waals surface area contributed by atoms with E-state index in [4.69, 9.17) is 11.6 Å². The first-order valence-electron chi connectivity index (χ1n) is 9.57. The number of nitrogens with one attached hydrogen (secondary N) is 1. The molecule has 3 rings (SSSR count). The molecule has 7 nitrogen and oxygen atoms in total.